The number of unbranched alkanes of at least 4 members (excludes halogenated alkanes) is 10. The third-order valence-corrected chi connectivity index (χ3v) is 14.4. The highest BCUT2D eigenvalue weighted by Gasteiger charge is 2.47. The third-order valence-electron chi connectivity index (χ3n) is 11.9. The van der Waals surface area contributed by atoms with Crippen LogP contribution in [0.5, 0.6) is 0 Å². The van der Waals surface area contributed by atoms with Crippen molar-refractivity contribution in [1.82, 2.24) is 25.4 Å². The fourth-order valence-corrected chi connectivity index (χ4v) is 11.2. The number of nitrogens with one attached hydrogen (secondary N) is 3. The van der Waals surface area contributed by atoms with E-state index in [2.05, 4.69) is 34.2 Å². The SMILES string of the molecule is CCCCCCCCCCCCCC(=O)NC1CCC(Cl)C(N=C2NN(C3C(Cl)CC(Cl)CC3Cl)C(=O)C2=NC2CCC(N(CC)CCNS(C)(=O)=O)CC2)C1. The number of hydrogen-bond donors (Lipinski definition) is 3. The van der Waals surface area contributed by atoms with E-state index in [0.717, 1.165) is 51.5 Å². The van der Waals surface area contributed by atoms with Crippen LogP contribution in [-0.2, 0) is 19.6 Å². The number of hydrazine groups is 1. The average molecular weight is 886 g/mol. The van der Waals surface area contributed by atoms with Crippen molar-refractivity contribution >= 4 is 79.8 Å². The molecule has 4 fully saturated rings. The van der Waals surface area contributed by atoms with Gasteiger partial charge < -0.3 is 5.32 Å². The molecule has 4 rings (SSSR count). The number of carbonyl (C=O) groups excluding carboxylic acids is 2. The minimum absolute atomic E-state index is 0.0454. The minimum Gasteiger partial charge on any atom is -0.353 e. The molecule has 1 heterocycles. The fraction of sp³-hybridized carbons (Fsp3) is 0.900. The molecule has 3 N–H and O–H groups in total. The maximum absolute atomic E-state index is 14.2. The lowest BCUT2D eigenvalue weighted by molar-refractivity contribution is -0.127. The molecule has 4 aliphatic rings. The van der Waals surface area contributed by atoms with Crippen molar-refractivity contribution in [3.63, 3.8) is 0 Å². The Morgan fingerprint density at radius 3 is 2.02 bits per heavy atom. The van der Waals surface area contributed by atoms with Gasteiger partial charge in [0.05, 0.1) is 40.5 Å². The fourth-order valence-electron chi connectivity index (χ4n) is 8.76. The summed E-state index contributed by atoms with van der Waals surface area (Å²) in [6.45, 7) is 6.15. The molecule has 56 heavy (non-hydrogen) atoms. The summed E-state index contributed by atoms with van der Waals surface area (Å²) < 4.78 is 25.8. The van der Waals surface area contributed by atoms with Gasteiger partial charge in [0.1, 0.15) is 0 Å². The van der Waals surface area contributed by atoms with Gasteiger partial charge in [-0.2, -0.15) is 0 Å². The molecule has 5 atom stereocenters. The van der Waals surface area contributed by atoms with Crippen molar-refractivity contribution in [3.8, 4) is 0 Å². The van der Waals surface area contributed by atoms with E-state index in [9.17, 15) is 18.0 Å². The lowest BCUT2D eigenvalue weighted by Gasteiger charge is -2.39. The molecule has 0 radical (unpaired) electrons. The van der Waals surface area contributed by atoms with Gasteiger partial charge in [0.25, 0.3) is 5.91 Å². The van der Waals surface area contributed by atoms with E-state index in [1.54, 1.807) is 0 Å². The summed E-state index contributed by atoms with van der Waals surface area (Å²) in [5.41, 5.74) is 3.53. The van der Waals surface area contributed by atoms with Crippen LogP contribution in [0.25, 0.3) is 0 Å². The largest absolute Gasteiger partial charge is 0.353 e. The lowest BCUT2D eigenvalue weighted by Crippen LogP contribution is -2.56. The number of likely N-dealkylation sites (N-methyl/N-ethyl adjacent to an activating group) is 1. The highest BCUT2D eigenvalue weighted by molar-refractivity contribution is 7.88. The second-order valence-corrected chi connectivity index (χ2v) is 20.7. The molecule has 0 aromatic heterocycles. The molecule has 3 saturated carbocycles. The molecule has 0 bridgehead atoms. The zero-order valence-electron chi connectivity index (χ0n) is 34.0. The van der Waals surface area contributed by atoms with Gasteiger partial charge in [-0.3, -0.25) is 29.9 Å². The predicted octanol–water partition coefficient (Wildman–Crippen LogP) is 7.69. The third kappa shape index (κ3) is 15.6. The van der Waals surface area contributed by atoms with Crippen molar-refractivity contribution in [2.45, 2.75) is 200 Å². The summed E-state index contributed by atoms with van der Waals surface area (Å²) in [4.78, 5) is 39.6. The molecule has 11 nitrogen and oxygen atoms in total. The summed E-state index contributed by atoms with van der Waals surface area (Å²) in [5, 5.41) is 3.43. The number of carbonyl (C=O) groups is 2. The van der Waals surface area contributed by atoms with Crippen molar-refractivity contribution in [1.29, 1.82) is 0 Å². The number of alkyl halides is 4. The van der Waals surface area contributed by atoms with Crippen LogP contribution in [0.15, 0.2) is 9.98 Å². The van der Waals surface area contributed by atoms with Crippen LogP contribution >= 0.6 is 46.4 Å². The number of hydrogen-bond acceptors (Lipinski definition) is 7. The average Bonchev–Trinajstić information content (AvgIpc) is 3.43. The van der Waals surface area contributed by atoms with Gasteiger partial charge in [-0.15, -0.1) is 46.4 Å². The Kier molecular flexibility index (Phi) is 20.8. The number of sulfonamides is 1. The Bertz CT molecular complexity index is 1390. The summed E-state index contributed by atoms with van der Waals surface area (Å²) in [6.07, 6.45) is 21.8. The maximum atomic E-state index is 14.2. The van der Waals surface area contributed by atoms with E-state index in [0.29, 0.717) is 57.1 Å². The zero-order chi connectivity index (χ0) is 40.7. The minimum atomic E-state index is -3.24. The molecule has 0 aromatic carbocycles. The van der Waals surface area contributed by atoms with Crippen LogP contribution in [0.4, 0.5) is 0 Å². The molecule has 3 aliphatic carbocycles. The van der Waals surface area contributed by atoms with Gasteiger partial charge in [-0.05, 0) is 70.8 Å². The summed E-state index contributed by atoms with van der Waals surface area (Å²) in [7, 11) is -3.24. The molecular formula is C40H69Cl4N7O4S. The first-order valence-corrected chi connectivity index (χ1v) is 25.2. The van der Waals surface area contributed by atoms with Gasteiger partial charge in [-0.25, -0.2) is 18.1 Å². The Hall–Kier alpha value is -0.890. The lowest BCUT2D eigenvalue weighted by atomic mass is 9.90. The van der Waals surface area contributed by atoms with Gasteiger partial charge in [-0.1, -0.05) is 78.1 Å². The van der Waals surface area contributed by atoms with Crippen molar-refractivity contribution in [2.75, 3.05) is 25.9 Å². The zero-order valence-corrected chi connectivity index (χ0v) is 37.8. The monoisotopic (exact) mass is 883 g/mol. The summed E-state index contributed by atoms with van der Waals surface area (Å²) in [6, 6.07) is -0.654. The van der Waals surface area contributed by atoms with E-state index < -0.39 is 26.8 Å². The number of nitrogens with zero attached hydrogens (tertiary/aromatic N) is 4. The van der Waals surface area contributed by atoms with Gasteiger partial charge in [0, 0.05) is 37.0 Å². The Morgan fingerprint density at radius 2 is 1.43 bits per heavy atom. The molecule has 16 heteroatoms. The van der Waals surface area contributed by atoms with Crippen molar-refractivity contribution in [2.24, 2.45) is 9.98 Å². The highest BCUT2D eigenvalue weighted by Crippen LogP contribution is 2.35. The Labute approximate surface area is 357 Å². The maximum Gasteiger partial charge on any atom is 0.294 e. The first-order chi connectivity index (χ1) is 26.8. The normalized spacial score (nSPS) is 31.7. The quantitative estimate of drug-likeness (QED) is 0.0755. The van der Waals surface area contributed by atoms with Crippen LogP contribution in [-0.4, -0.2) is 119 Å². The second kappa shape index (κ2) is 24.4. The van der Waals surface area contributed by atoms with Gasteiger partial charge in [0.15, 0.2) is 11.5 Å². The standard InChI is InChI=1S/C40H69Cl4N7O4S/c1-4-6-7-8-9-10-11-12-13-14-15-16-36(52)46-30-19-22-32(42)35(27-30)48-39-37(40(53)51(49-39)38-33(43)25-28(41)26-34(38)44)47-29-17-20-31(21-18-29)50(5-2)24-23-45-56(3,54)55/h28-35,38,45H,4-27H2,1-3H3,(H,46,52)(H,48,49). The van der Waals surface area contributed by atoms with Crippen molar-refractivity contribution in [3.05, 3.63) is 0 Å². The molecule has 1 saturated heterocycles. The summed E-state index contributed by atoms with van der Waals surface area (Å²) >= 11 is 27.0. The van der Waals surface area contributed by atoms with E-state index >= 15 is 0 Å². The Balaban J connectivity index is 1.37. The smallest absolute Gasteiger partial charge is 0.294 e. The number of amides is 2. The molecule has 322 valence electrons. The van der Waals surface area contributed by atoms with Crippen LogP contribution in [0.3, 0.4) is 0 Å². The topological polar surface area (TPSA) is 136 Å². The molecule has 1 aliphatic heterocycles. The molecule has 5 unspecified atom stereocenters. The number of halogens is 4. The van der Waals surface area contributed by atoms with E-state index in [1.807, 2.05) is 0 Å². The van der Waals surface area contributed by atoms with E-state index in [4.69, 9.17) is 56.4 Å². The number of amidine groups is 1. The van der Waals surface area contributed by atoms with Crippen LogP contribution < -0.4 is 15.5 Å². The number of aliphatic imine (C=N–C) groups is 2. The number of rotatable bonds is 22. The first kappa shape index (κ1) is 47.8. The van der Waals surface area contributed by atoms with E-state index in [-0.39, 0.29) is 46.4 Å². The predicted molar refractivity (Wildman–Crippen MR) is 233 cm³/mol. The van der Waals surface area contributed by atoms with Crippen LogP contribution in [0.1, 0.15) is 149 Å². The van der Waals surface area contributed by atoms with Gasteiger partial charge in [0.2, 0.25) is 15.9 Å². The summed E-state index contributed by atoms with van der Waals surface area (Å²) in [5.74, 6) is 0.150. The molecule has 2 amide bonds. The Morgan fingerprint density at radius 1 is 0.821 bits per heavy atom. The van der Waals surface area contributed by atoms with Crippen LogP contribution in [0.2, 0.25) is 0 Å². The molecular weight excluding hydrogens is 816 g/mol. The van der Waals surface area contributed by atoms with Gasteiger partial charge >= 0.3 is 0 Å². The second-order valence-electron chi connectivity index (χ2n) is 16.5. The van der Waals surface area contributed by atoms with Crippen LogP contribution in [0, 0.1) is 0 Å². The molecule has 0 aromatic rings. The van der Waals surface area contributed by atoms with Crippen molar-refractivity contribution < 1.29 is 18.0 Å². The highest BCUT2D eigenvalue weighted by atomic mass is 35.5. The first-order valence-electron chi connectivity index (χ1n) is 21.6. The molecule has 0 spiro atoms. The van der Waals surface area contributed by atoms with E-state index in [1.165, 1.54) is 69.1 Å².